The smallest absolute Gasteiger partial charge is 0.256 e. The number of aliphatic hydroxyl groups is 1. The Morgan fingerprint density at radius 2 is 1.93 bits per heavy atom. The summed E-state index contributed by atoms with van der Waals surface area (Å²) in [4.78, 5) is 15.2. The third kappa shape index (κ3) is 10.4. The van der Waals surface area contributed by atoms with Gasteiger partial charge in [0.15, 0.2) is 0 Å². The van der Waals surface area contributed by atoms with Crippen molar-refractivity contribution in [1.82, 2.24) is 9.62 Å². The van der Waals surface area contributed by atoms with Gasteiger partial charge in [0.25, 0.3) is 5.91 Å². The second-order valence-corrected chi connectivity index (χ2v) is 13.9. The molecule has 1 aromatic carbocycles. The summed E-state index contributed by atoms with van der Waals surface area (Å²) in [5.74, 6) is 0.942. The average molecular weight is 601 g/mol. The third-order valence-electron chi connectivity index (χ3n) is 8.55. The van der Waals surface area contributed by atoms with Gasteiger partial charge in [-0.2, -0.15) is 0 Å². The standard InChI is InChI=1S/C31H45ClN2O2S.C4H8/c1-8-24-17-26(32)13-15-28(24)31(6,7)19-34-18-25-12-14-27(25)29(35)11-9-10-20(2)23(5)37-33-30(36)21(3)16-22(34)4;1-3-4-2/h9,11,13,15-17,20,23,25,27,29,35H,4,8,10,12,14,18-19H2,1-3,5-7H3,(H,33,36);3H,1,4H2,2H3/b11-9+,21-16+;. The van der Waals surface area contributed by atoms with Crippen LogP contribution in [0.25, 0.3) is 0 Å². The number of nitrogens with one attached hydrogen (secondary N) is 1. The van der Waals surface area contributed by atoms with Crippen LogP contribution < -0.4 is 4.72 Å². The molecule has 1 saturated carbocycles. The van der Waals surface area contributed by atoms with Crippen LogP contribution in [0.1, 0.15) is 85.3 Å². The van der Waals surface area contributed by atoms with Crippen molar-refractivity contribution in [2.24, 2.45) is 17.8 Å². The summed E-state index contributed by atoms with van der Waals surface area (Å²) in [7, 11) is 0. The van der Waals surface area contributed by atoms with Gasteiger partial charge in [-0.15, -0.1) is 6.58 Å². The maximum Gasteiger partial charge on any atom is 0.256 e. The van der Waals surface area contributed by atoms with E-state index in [1.807, 2.05) is 31.2 Å². The third-order valence-corrected chi connectivity index (χ3v) is 9.92. The zero-order chi connectivity index (χ0) is 30.7. The van der Waals surface area contributed by atoms with Crippen LogP contribution in [-0.4, -0.2) is 40.4 Å². The fourth-order valence-corrected chi connectivity index (χ4v) is 6.42. The summed E-state index contributed by atoms with van der Waals surface area (Å²) in [6, 6.07) is 6.19. The lowest BCUT2D eigenvalue weighted by atomic mass is 9.70. The van der Waals surface area contributed by atoms with Crippen molar-refractivity contribution < 1.29 is 9.90 Å². The Morgan fingerprint density at radius 3 is 2.51 bits per heavy atom. The molecule has 0 radical (unpaired) electrons. The highest BCUT2D eigenvalue weighted by Gasteiger charge is 2.37. The molecule has 1 fully saturated rings. The lowest BCUT2D eigenvalue weighted by Crippen LogP contribution is -2.45. The summed E-state index contributed by atoms with van der Waals surface area (Å²) < 4.78 is 3.02. The second-order valence-electron chi connectivity index (χ2n) is 12.3. The highest BCUT2D eigenvalue weighted by atomic mass is 35.5. The number of amides is 1. The summed E-state index contributed by atoms with van der Waals surface area (Å²) in [6.07, 6.45) is 12.5. The highest BCUT2D eigenvalue weighted by molar-refractivity contribution is 7.98. The van der Waals surface area contributed by atoms with E-state index in [-0.39, 0.29) is 22.5 Å². The van der Waals surface area contributed by atoms with Crippen molar-refractivity contribution in [2.45, 2.75) is 97.3 Å². The second kappa shape index (κ2) is 16.6. The van der Waals surface area contributed by atoms with Crippen molar-refractivity contribution in [2.75, 3.05) is 13.1 Å². The van der Waals surface area contributed by atoms with Crippen LogP contribution in [0.2, 0.25) is 5.02 Å². The molecule has 0 spiro atoms. The number of benzene rings is 1. The number of allylic oxidation sites excluding steroid dienone is 3. The van der Waals surface area contributed by atoms with Gasteiger partial charge >= 0.3 is 0 Å². The minimum absolute atomic E-state index is 0.0741. The Morgan fingerprint density at radius 1 is 1.24 bits per heavy atom. The van der Waals surface area contributed by atoms with Crippen molar-refractivity contribution >= 4 is 29.5 Å². The minimum atomic E-state index is -0.426. The van der Waals surface area contributed by atoms with E-state index < -0.39 is 6.10 Å². The number of hydrogen-bond acceptors (Lipinski definition) is 4. The van der Waals surface area contributed by atoms with Crippen LogP contribution in [0.15, 0.2) is 66.9 Å². The Hall–Kier alpha value is -1.95. The van der Waals surface area contributed by atoms with Crippen LogP contribution >= 0.6 is 23.5 Å². The predicted octanol–water partition coefficient (Wildman–Crippen LogP) is 8.66. The molecule has 2 aliphatic rings. The topological polar surface area (TPSA) is 52.6 Å². The van der Waals surface area contributed by atoms with Crippen LogP contribution in [0, 0.1) is 17.8 Å². The molecule has 5 atom stereocenters. The first kappa shape index (κ1) is 35.2. The van der Waals surface area contributed by atoms with Crippen molar-refractivity contribution in [1.29, 1.82) is 0 Å². The number of rotatable bonds is 5. The zero-order valence-corrected chi connectivity index (χ0v) is 28.0. The molecule has 4 nitrogen and oxygen atoms in total. The Balaban J connectivity index is 0.00000138. The lowest BCUT2D eigenvalue weighted by molar-refractivity contribution is -0.115. The van der Waals surface area contributed by atoms with Crippen molar-refractivity contribution in [3.63, 3.8) is 0 Å². The minimum Gasteiger partial charge on any atom is -0.389 e. The largest absolute Gasteiger partial charge is 0.389 e. The molecule has 0 saturated heterocycles. The Bertz CT molecular complexity index is 1100. The van der Waals surface area contributed by atoms with Gasteiger partial charge in [0.05, 0.1) is 6.10 Å². The molecule has 5 unspecified atom stereocenters. The number of halogens is 1. The van der Waals surface area contributed by atoms with E-state index in [9.17, 15) is 9.90 Å². The van der Waals surface area contributed by atoms with Gasteiger partial charge in [-0.3, -0.25) is 9.52 Å². The van der Waals surface area contributed by atoms with Gasteiger partial charge in [0.1, 0.15) is 0 Å². The number of aliphatic hydroxyl groups excluding tert-OH is 1. The summed E-state index contributed by atoms with van der Waals surface area (Å²) in [5.41, 5.74) is 3.86. The van der Waals surface area contributed by atoms with Gasteiger partial charge in [0.2, 0.25) is 0 Å². The van der Waals surface area contributed by atoms with E-state index in [4.69, 9.17) is 11.6 Å². The molecule has 6 heteroatoms. The van der Waals surface area contributed by atoms with Crippen molar-refractivity contribution in [3.8, 4) is 0 Å². The number of hydrogen-bond donors (Lipinski definition) is 2. The van der Waals surface area contributed by atoms with Gasteiger partial charge in [-0.25, -0.2) is 0 Å². The maximum atomic E-state index is 12.9. The number of aryl methyl sites for hydroxylation is 1. The van der Waals surface area contributed by atoms with E-state index in [1.54, 1.807) is 0 Å². The van der Waals surface area contributed by atoms with Crippen LogP contribution in [0.4, 0.5) is 0 Å². The van der Waals surface area contributed by atoms with E-state index in [1.165, 1.54) is 23.1 Å². The molecule has 0 aromatic heterocycles. The Labute approximate surface area is 259 Å². The molecular weight excluding hydrogens is 548 g/mol. The van der Waals surface area contributed by atoms with Crippen LogP contribution in [0.3, 0.4) is 0 Å². The molecule has 1 amide bonds. The molecule has 41 heavy (non-hydrogen) atoms. The van der Waals surface area contributed by atoms with Gasteiger partial charge < -0.3 is 10.0 Å². The van der Waals surface area contributed by atoms with Gasteiger partial charge in [-0.05, 0) is 98.1 Å². The Kier molecular flexibility index (Phi) is 14.3. The number of carbonyl (C=O) groups excluding carboxylic acids is 1. The lowest BCUT2D eigenvalue weighted by Gasteiger charge is -2.44. The molecule has 0 bridgehead atoms. The number of carbonyl (C=O) groups is 1. The summed E-state index contributed by atoms with van der Waals surface area (Å²) >= 11 is 7.78. The average Bonchev–Trinajstić information content (AvgIpc) is 2.91. The van der Waals surface area contributed by atoms with Gasteiger partial charge in [0, 0.05) is 40.0 Å². The zero-order valence-electron chi connectivity index (χ0n) is 26.4. The first-order valence-electron chi connectivity index (χ1n) is 15.2. The van der Waals surface area contributed by atoms with E-state index in [0.717, 1.165) is 55.9 Å². The van der Waals surface area contributed by atoms with E-state index in [2.05, 4.69) is 82.5 Å². The molecule has 228 valence electrons. The number of fused-ring (bicyclic) bond motifs is 1. The molecule has 3 rings (SSSR count). The molecule has 2 N–H and O–H groups in total. The fourth-order valence-electron chi connectivity index (χ4n) is 5.43. The maximum absolute atomic E-state index is 12.9. The highest BCUT2D eigenvalue weighted by Crippen LogP contribution is 2.40. The van der Waals surface area contributed by atoms with Gasteiger partial charge in [-0.1, -0.05) is 84.0 Å². The summed E-state index contributed by atoms with van der Waals surface area (Å²) in [6.45, 7) is 24.4. The molecule has 1 aromatic rings. The molecule has 1 heterocycles. The van der Waals surface area contributed by atoms with Crippen molar-refractivity contribution in [3.05, 3.63) is 83.1 Å². The summed E-state index contributed by atoms with van der Waals surface area (Å²) in [5, 5.41) is 12.0. The molecule has 1 aliphatic carbocycles. The normalized spacial score (nSPS) is 28.2. The first-order valence-corrected chi connectivity index (χ1v) is 16.4. The monoisotopic (exact) mass is 600 g/mol. The van der Waals surface area contributed by atoms with Crippen LogP contribution in [0.5, 0.6) is 0 Å². The molecular formula is C35H53ClN2O2S. The van der Waals surface area contributed by atoms with E-state index in [0.29, 0.717) is 17.4 Å². The quantitative estimate of drug-likeness (QED) is 0.262. The first-order chi connectivity index (χ1) is 19.3. The SMILES string of the molecule is C=C1/C=C(\C)C(=O)NSC(C)C(C)C/C=C/C(O)C2CCC2CN1CC(C)(C)c1ccc(Cl)cc1CC.C=CCC. The van der Waals surface area contributed by atoms with Crippen LogP contribution in [-0.2, 0) is 16.6 Å². The molecule has 1 aliphatic heterocycles. The predicted molar refractivity (Wildman–Crippen MR) is 179 cm³/mol. The van der Waals surface area contributed by atoms with E-state index >= 15 is 0 Å². The fraction of sp³-hybridized carbons (Fsp3) is 0.571. The number of nitrogens with zero attached hydrogens (tertiary/aromatic N) is 1.